The molecule has 0 fully saturated rings. The highest BCUT2D eigenvalue weighted by atomic mass is 19.1. The average molecular weight is 265 g/mol. The van der Waals surface area contributed by atoms with Crippen LogP contribution in [0.5, 0.6) is 0 Å². The minimum absolute atomic E-state index is 0.219. The zero-order valence-electron chi connectivity index (χ0n) is 10.8. The van der Waals surface area contributed by atoms with Crippen molar-refractivity contribution in [3.8, 4) is 0 Å². The molecule has 2 N–H and O–H groups in total. The summed E-state index contributed by atoms with van der Waals surface area (Å²) < 4.78 is 12.9. The number of rotatable bonds is 5. The molecule has 1 aromatic carbocycles. The number of aliphatic carboxylic acids is 1. The molecular weight excluding hydrogens is 249 g/mol. The van der Waals surface area contributed by atoms with E-state index in [4.69, 9.17) is 5.11 Å². The number of carbonyl (C=O) groups excluding carboxylic acids is 1. The Morgan fingerprint density at radius 3 is 2.58 bits per heavy atom. The van der Waals surface area contributed by atoms with E-state index in [0.29, 0.717) is 5.56 Å². The van der Waals surface area contributed by atoms with Gasteiger partial charge in [-0.05, 0) is 29.7 Å². The van der Waals surface area contributed by atoms with Crippen molar-refractivity contribution >= 4 is 18.0 Å². The van der Waals surface area contributed by atoms with Gasteiger partial charge >= 0.3 is 5.97 Å². The van der Waals surface area contributed by atoms with Crippen LogP contribution in [-0.2, 0) is 9.59 Å². The number of benzene rings is 1. The number of carboxylic acids is 1. The predicted octanol–water partition coefficient (Wildman–Crippen LogP) is 2.06. The minimum atomic E-state index is -1.08. The summed E-state index contributed by atoms with van der Waals surface area (Å²) in [4.78, 5) is 22.5. The maximum absolute atomic E-state index is 12.9. The molecule has 0 spiro atoms. The third-order valence-electron chi connectivity index (χ3n) is 2.51. The average Bonchev–Trinajstić information content (AvgIpc) is 2.32. The zero-order chi connectivity index (χ0) is 14.4. The molecule has 0 radical (unpaired) electrons. The third kappa shape index (κ3) is 4.91. The van der Waals surface area contributed by atoms with E-state index in [0.717, 1.165) is 0 Å². The normalized spacial score (nSPS) is 12.6. The summed E-state index contributed by atoms with van der Waals surface area (Å²) in [5, 5.41) is 11.3. The molecule has 5 heteroatoms. The van der Waals surface area contributed by atoms with Crippen LogP contribution >= 0.6 is 0 Å². The van der Waals surface area contributed by atoms with E-state index in [1.54, 1.807) is 19.9 Å². The molecule has 102 valence electrons. The fraction of sp³-hybridized carbons (Fsp3) is 0.286. The predicted molar refractivity (Wildman–Crippen MR) is 69.8 cm³/mol. The van der Waals surface area contributed by atoms with Crippen LogP contribution in [0, 0.1) is 11.7 Å². The minimum Gasteiger partial charge on any atom is -0.480 e. The molecule has 0 aliphatic rings. The maximum atomic E-state index is 12.9. The number of amides is 1. The topological polar surface area (TPSA) is 66.4 Å². The second-order valence-electron chi connectivity index (χ2n) is 4.46. The number of carbonyl (C=O) groups is 2. The molecular formula is C14H16FNO3. The van der Waals surface area contributed by atoms with Gasteiger partial charge in [0, 0.05) is 6.08 Å². The van der Waals surface area contributed by atoms with E-state index in [-0.39, 0.29) is 5.92 Å². The lowest BCUT2D eigenvalue weighted by atomic mass is 10.0. The first kappa shape index (κ1) is 14.9. The van der Waals surface area contributed by atoms with Crippen LogP contribution in [-0.4, -0.2) is 23.0 Å². The molecule has 0 saturated carbocycles. The zero-order valence-corrected chi connectivity index (χ0v) is 10.8. The smallest absolute Gasteiger partial charge is 0.326 e. The molecule has 0 saturated heterocycles. The summed E-state index contributed by atoms with van der Waals surface area (Å²) in [5.41, 5.74) is 0.534. The van der Waals surface area contributed by atoms with Gasteiger partial charge in [-0.25, -0.2) is 9.18 Å². The van der Waals surface area contributed by atoms with Gasteiger partial charge in [0.25, 0.3) is 0 Å². The van der Waals surface area contributed by atoms with Crippen LogP contribution in [0.2, 0.25) is 0 Å². The van der Waals surface area contributed by atoms with Crippen LogP contribution in [0.1, 0.15) is 19.4 Å². The number of halogens is 1. The summed E-state index contributed by atoms with van der Waals surface area (Å²) in [7, 11) is 0. The van der Waals surface area contributed by atoms with E-state index in [1.165, 1.54) is 30.4 Å². The fourth-order valence-corrected chi connectivity index (χ4v) is 1.50. The molecule has 0 aromatic heterocycles. The summed E-state index contributed by atoms with van der Waals surface area (Å²) in [6.07, 6.45) is 2.62. The SMILES string of the molecule is CC(C)C(NC(=O)/C=C/c1cccc(F)c1)C(=O)O. The van der Waals surface area contributed by atoms with Crippen LogP contribution in [0.3, 0.4) is 0 Å². The molecule has 0 bridgehead atoms. The Bertz CT molecular complexity index is 497. The standard InChI is InChI=1S/C14H16FNO3/c1-9(2)13(14(18)19)16-12(17)7-6-10-4-3-5-11(15)8-10/h3-9,13H,1-2H3,(H,16,17)(H,18,19)/b7-6+. The van der Waals surface area contributed by atoms with Crippen molar-refractivity contribution in [2.75, 3.05) is 0 Å². The lowest BCUT2D eigenvalue weighted by Gasteiger charge is -2.16. The van der Waals surface area contributed by atoms with Gasteiger partial charge in [-0.3, -0.25) is 4.79 Å². The van der Waals surface area contributed by atoms with E-state index in [2.05, 4.69) is 5.32 Å². The van der Waals surface area contributed by atoms with Crippen LogP contribution in [0.4, 0.5) is 4.39 Å². The first-order valence-electron chi connectivity index (χ1n) is 5.87. The van der Waals surface area contributed by atoms with Gasteiger partial charge in [0.05, 0.1) is 0 Å². The highest BCUT2D eigenvalue weighted by Gasteiger charge is 2.22. The second-order valence-corrected chi connectivity index (χ2v) is 4.46. The lowest BCUT2D eigenvalue weighted by Crippen LogP contribution is -2.43. The van der Waals surface area contributed by atoms with Crippen LogP contribution in [0.15, 0.2) is 30.3 Å². The Morgan fingerprint density at radius 1 is 1.37 bits per heavy atom. The molecule has 1 atom stereocenters. The molecule has 0 heterocycles. The highest BCUT2D eigenvalue weighted by molar-refractivity contribution is 5.94. The Balaban J connectivity index is 2.67. The lowest BCUT2D eigenvalue weighted by molar-refractivity contribution is -0.142. The largest absolute Gasteiger partial charge is 0.480 e. The van der Waals surface area contributed by atoms with Gasteiger partial charge in [0.15, 0.2) is 0 Å². The van der Waals surface area contributed by atoms with Gasteiger partial charge in [-0.15, -0.1) is 0 Å². The second kappa shape index (κ2) is 6.68. The maximum Gasteiger partial charge on any atom is 0.326 e. The van der Waals surface area contributed by atoms with E-state index >= 15 is 0 Å². The summed E-state index contributed by atoms with van der Waals surface area (Å²) in [6.45, 7) is 3.41. The summed E-state index contributed by atoms with van der Waals surface area (Å²) in [6, 6.07) is 4.81. The molecule has 1 unspecified atom stereocenters. The van der Waals surface area contributed by atoms with Crippen molar-refractivity contribution in [1.82, 2.24) is 5.32 Å². The molecule has 4 nitrogen and oxygen atoms in total. The van der Waals surface area contributed by atoms with Crippen LogP contribution < -0.4 is 5.32 Å². The number of hydrogen-bond donors (Lipinski definition) is 2. The van der Waals surface area contributed by atoms with E-state index in [9.17, 15) is 14.0 Å². The Labute approximate surface area is 110 Å². The van der Waals surface area contributed by atoms with E-state index < -0.39 is 23.7 Å². The van der Waals surface area contributed by atoms with Crippen LogP contribution in [0.25, 0.3) is 6.08 Å². The molecule has 0 aliphatic carbocycles. The van der Waals surface area contributed by atoms with Crippen molar-refractivity contribution in [3.63, 3.8) is 0 Å². The number of nitrogens with one attached hydrogen (secondary N) is 1. The van der Waals surface area contributed by atoms with Gasteiger partial charge in [0.1, 0.15) is 11.9 Å². The summed E-state index contributed by atoms with van der Waals surface area (Å²) in [5.74, 6) is -2.22. The number of hydrogen-bond acceptors (Lipinski definition) is 2. The Morgan fingerprint density at radius 2 is 2.05 bits per heavy atom. The van der Waals surface area contributed by atoms with Gasteiger partial charge < -0.3 is 10.4 Å². The molecule has 19 heavy (non-hydrogen) atoms. The van der Waals surface area contributed by atoms with Gasteiger partial charge in [0.2, 0.25) is 5.91 Å². The third-order valence-corrected chi connectivity index (χ3v) is 2.51. The van der Waals surface area contributed by atoms with E-state index in [1.807, 2.05) is 0 Å². The monoisotopic (exact) mass is 265 g/mol. The Hall–Kier alpha value is -2.17. The molecule has 1 amide bonds. The van der Waals surface area contributed by atoms with Crippen molar-refractivity contribution in [3.05, 3.63) is 41.7 Å². The first-order chi connectivity index (χ1) is 8.90. The molecule has 1 rings (SSSR count). The van der Waals surface area contributed by atoms with Crippen molar-refractivity contribution in [2.24, 2.45) is 5.92 Å². The number of carboxylic acid groups (broad SMARTS) is 1. The van der Waals surface area contributed by atoms with Crippen molar-refractivity contribution < 1.29 is 19.1 Å². The quantitative estimate of drug-likeness (QED) is 0.801. The highest BCUT2D eigenvalue weighted by Crippen LogP contribution is 2.06. The fourth-order valence-electron chi connectivity index (χ4n) is 1.50. The molecule has 1 aromatic rings. The Kier molecular flexibility index (Phi) is 5.23. The van der Waals surface area contributed by atoms with Crippen molar-refractivity contribution in [2.45, 2.75) is 19.9 Å². The van der Waals surface area contributed by atoms with Gasteiger partial charge in [-0.1, -0.05) is 26.0 Å². The molecule has 0 aliphatic heterocycles. The van der Waals surface area contributed by atoms with Gasteiger partial charge in [-0.2, -0.15) is 0 Å². The van der Waals surface area contributed by atoms with Crippen molar-refractivity contribution in [1.29, 1.82) is 0 Å². The first-order valence-corrected chi connectivity index (χ1v) is 5.87. The summed E-state index contributed by atoms with van der Waals surface area (Å²) >= 11 is 0.